The molecule has 0 unspecified atom stereocenters. The van der Waals surface area contributed by atoms with E-state index in [9.17, 15) is 0 Å². The van der Waals surface area contributed by atoms with Gasteiger partial charge in [-0.15, -0.1) is 0 Å². The maximum Gasteiger partial charge on any atom is 0.171 e. The van der Waals surface area contributed by atoms with Gasteiger partial charge in [-0.2, -0.15) is 0 Å². The first-order valence-corrected chi connectivity index (χ1v) is 4.95. The number of aromatic nitrogens is 1. The number of rotatable bonds is 4. The third kappa shape index (κ3) is 2.26. The largest absolute Gasteiger partial charge is 0.360 e. The van der Waals surface area contributed by atoms with Crippen LogP contribution in [0.2, 0.25) is 0 Å². The fraction of sp³-hybridized carbons (Fsp3) is 0.700. The molecule has 4 nitrogen and oxygen atoms in total. The topological polar surface area (TPSA) is 55.3 Å². The maximum atomic E-state index is 6.01. The molecule has 0 aliphatic carbocycles. The number of nitrogens with two attached hydrogens (primary N) is 1. The molecule has 80 valence electrons. The Morgan fingerprint density at radius 3 is 2.64 bits per heavy atom. The minimum Gasteiger partial charge on any atom is -0.360 e. The summed E-state index contributed by atoms with van der Waals surface area (Å²) in [6.07, 6.45) is 1.04. The zero-order chi connectivity index (χ0) is 10.7. The van der Waals surface area contributed by atoms with Gasteiger partial charge in [-0.25, -0.2) is 0 Å². The maximum absolute atomic E-state index is 6.01. The Morgan fingerprint density at radius 2 is 2.21 bits per heavy atom. The highest BCUT2D eigenvalue weighted by Gasteiger charge is 2.18. The molecule has 1 aromatic heterocycles. The van der Waals surface area contributed by atoms with Crippen LogP contribution in [0.3, 0.4) is 0 Å². The van der Waals surface area contributed by atoms with Gasteiger partial charge in [-0.3, -0.25) is 0 Å². The van der Waals surface area contributed by atoms with E-state index in [-0.39, 0.29) is 6.04 Å². The van der Waals surface area contributed by atoms with Crippen LogP contribution in [0.15, 0.2) is 10.6 Å². The van der Waals surface area contributed by atoms with E-state index in [1.54, 1.807) is 0 Å². The van der Waals surface area contributed by atoms with E-state index in [2.05, 4.69) is 19.0 Å². The lowest BCUT2D eigenvalue weighted by atomic mass is 9.98. The summed E-state index contributed by atoms with van der Waals surface area (Å²) >= 11 is 0. The molecule has 0 amide bonds. The molecule has 0 fully saturated rings. The van der Waals surface area contributed by atoms with Gasteiger partial charge in [-0.05, 0) is 5.92 Å². The zero-order valence-electron chi connectivity index (χ0n) is 9.32. The van der Waals surface area contributed by atoms with E-state index in [1.807, 2.05) is 25.1 Å². The van der Waals surface area contributed by atoms with Crippen molar-refractivity contribution >= 4 is 5.82 Å². The summed E-state index contributed by atoms with van der Waals surface area (Å²) in [5.41, 5.74) is 6.01. The lowest BCUT2D eigenvalue weighted by molar-refractivity contribution is 0.320. The van der Waals surface area contributed by atoms with Crippen LogP contribution in [0.5, 0.6) is 0 Å². The van der Waals surface area contributed by atoms with Crippen molar-refractivity contribution < 1.29 is 4.52 Å². The minimum absolute atomic E-state index is 0.0544. The molecule has 1 rings (SSSR count). The number of hydrogen-bond acceptors (Lipinski definition) is 4. The van der Waals surface area contributed by atoms with Crippen molar-refractivity contribution in [2.45, 2.75) is 26.3 Å². The van der Waals surface area contributed by atoms with Crippen LogP contribution in [-0.2, 0) is 0 Å². The van der Waals surface area contributed by atoms with Gasteiger partial charge in [0.15, 0.2) is 11.6 Å². The Balaban J connectivity index is 2.76. The van der Waals surface area contributed by atoms with E-state index in [4.69, 9.17) is 10.3 Å². The van der Waals surface area contributed by atoms with Gasteiger partial charge < -0.3 is 15.2 Å². The summed E-state index contributed by atoms with van der Waals surface area (Å²) in [4.78, 5) is 1.90. The average Bonchev–Trinajstić information content (AvgIpc) is 2.64. The number of nitrogens with zero attached hydrogens (tertiary/aromatic N) is 2. The molecule has 14 heavy (non-hydrogen) atoms. The lowest BCUT2D eigenvalue weighted by Crippen LogP contribution is -2.17. The van der Waals surface area contributed by atoms with E-state index < -0.39 is 0 Å². The molecule has 0 spiro atoms. The van der Waals surface area contributed by atoms with Crippen molar-refractivity contribution in [2.75, 3.05) is 19.0 Å². The molecular weight excluding hydrogens is 178 g/mol. The highest BCUT2D eigenvalue weighted by atomic mass is 16.5. The summed E-state index contributed by atoms with van der Waals surface area (Å²) in [7, 11) is 3.85. The van der Waals surface area contributed by atoms with E-state index in [1.165, 1.54) is 0 Å². The first kappa shape index (κ1) is 11.0. The van der Waals surface area contributed by atoms with E-state index >= 15 is 0 Å². The predicted octanol–water partition coefficient (Wildman–Crippen LogP) is 1.79. The van der Waals surface area contributed by atoms with Crippen molar-refractivity contribution in [1.82, 2.24) is 5.16 Å². The third-order valence-electron chi connectivity index (χ3n) is 2.56. The lowest BCUT2D eigenvalue weighted by Gasteiger charge is -2.14. The highest BCUT2D eigenvalue weighted by Crippen LogP contribution is 2.24. The van der Waals surface area contributed by atoms with Crippen LogP contribution < -0.4 is 10.6 Å². The predicted molar refractivity (Wildman–Crippen MR) is 57.2 cm³/mol. The first-order chi connectivity index (χ1) is 6.56. The molecule has 0 saturated carbocycles. The van der Waals surface area contributed by atoms with Gasteiger partial charge in [0.1, 0.15) is 0 Å². The fourth-order valence-corrected chi connectivity index (χ4v) is 1.18. The second-order valence-corrected chi connectivity index (χ2v) is 3.89. The van der Waals surface area contributed by atoms with Crippen LogP contribution in [0.1, 0.15) is 32.1 Å². The zero-order valence-corrected chi connectivity index (χ0v) is 9.32. The summed E-state index contributed by atoms with van der Waals surface area (Å²) in [6, 6.07) is 1.85. The van der Waals surface area contributed by atoms with Gasteiger partial charge in [0.25, 0.3) is 0 Å². The third-order valence-corrected chi connectivity index (χ3v) is 2.56. The van der Waals surface area contributed by atoms with Crippen LogP contribution in [0, 0.1) is 5.92 Å². The Labute approximate surface area is 85.1 Å². The molecule has 4 heteroatoms. The molecule has 0 aliphatic rings. The Hall–Kier alpha value is -1.03. The average molecular weight is 197 g/mol. The Kier molecular flexibility index (Phi) is 3.52. The molecule has 1 heterocycles. The summed E-state index contributed by atoms with van der Waals surface area (Å²) in [5, 5.41) is 3.92. The van der Waals surface area contributed by atoms with Crippen molar-refractivity contribution in [3.8, 4) is 0 Å². The van der Waals surface area contributed by atoms with Crippen molar-refractivity contribution in [2.24, 2.45) is 11.7 Å². The van der Waals surface area contributed by atoms with E-state index in [0.717, 1.165) is 18.0 Å². The van der Waals surface area contributed by atoms with Crippen LogP contribution in [-0.4, -0.2) is 19.3 Å². The Bertz CT molecular complexity index is 283. The molecule has 1 aromatic rings. The molecule has 0 saturated heterocycles. The van der Waals surface area contributed by atoms with E-state index in [0.29, 0.717) is 5.92 Å². The van der Waals surface area contributed by atoms with Crippen LogP contribution in [0.25, 0.3) is 0 Å². The standard InChI is InChI=1S/C10H19N3O/c1-5-7(2)10(11)8-6-9(12-14-8)13(3)4/h6-7,10H,5,11H2,1-4H3/t7-,10-/m0/s1. The molecule has 2 atom stereocenters. The van der Waals surface area contributed by atoms with Gasteiger partial charge >= 0.3 is 0 Å². The number of hydrogen-bond donors (Lipinski definition) is 1. The van der Waals surface area contributed by atoms with Gasteiger partial charge in [0, 0.05) is 20.2 Å². The van der Waals surface area contributed by atoms with Crippen molar-refractivity contribution in [3.05, 3.63) is 11.8 Å². The van der Waals surface area contributed by atoms with Gasteiger partial charge in [0.2, 0.25) is 0 Å². The van der Waals surface area contributed by atoms with Crippen LogP contribution >= 0.6 is 0 Å². The normalized spacial score (nSPS) is 15.2. The molecular formula is C10H19N3O. The van der Waals surface area contributed by atoms with Gasteiger partial charge in [-0.1, -0.05) is 25.4 Å². The van der Waals surface area contributed by atoms with Crippen molar-refractivity contribution in [3.63, 3.8) is 0 Å². The molecule has 2 N–H and O–H groups in total. The Morgan fingerprint density at radius 1 is 1.57 bits per heavy atom. The molecule has 0 bridgehead atoms. The summed E-state index contributed by atoms with van der Waals surface area (Å²) < 4.78 is 5.19. The summed E-state index contributed by atoms with van der Waals surface area (Å²) in [5.74, 6) is 2.00. The highest BCUT2D eigenvalue weighted by molar-refractivity contribution is 5.36. The quantitative estimate of drug-likeness (QED) is 0.799. The second-order valence-electron chi connectivity index (χ2n) is 3.89. The summed E-state index contributed by atoms with van der Waals surface area (Å²) in [6.45, 7) is 4.23. The minimum atomic E-state index is -0.0544. The van der Waals surface area contributed by atoms with Gasteiger partial charge in [0.05, 0.1) is 6.04 Å². The monoisotopic (exact) mass is 197 g/mol. The molecule has 0 aromatic carbocycles. The fourth-order valence-electron chi connectivity index (χ4n) is 1.18. The first-order valence-electron chi connectivity index (χ1n) is 4.95. The molecule has 0 radical (unpaired) electrons. The number of anilines is 1. The smallest absolute Gasteiger partial charge is 0.171 e. The van der Waals surface area contributed by atoms with Crippen molar-refractivity contribution in [1.29, 1.82) is 0 Å². The molecule has 0 aliphatic heterocycles. The SMILES string of the molecule is CC[C@H](C)[C@H](N)c1cc(N(C)C)no1. The second kappa shape index (κ2) is 4.46. The van der Waals surface area contributed by atoms with Crippen LogP contribution in [0.4, 0.5) is 5.82 Å².